The molecule has 0 radical (unpaired) electrons. The zero-order valence-electron chi connectivity index (χ0n) is 19.2. The van der Waals surface area contributed by atoms with Gasteiger partial charge in [0, 0.05) is 48.2 Å². The second-order valence-corrected chi connectivity index (χ2v) is 11.2. The van der Waals surface area contributed by atoms with Crippen molar-refractivity contribution in [3.05, 3.63) is 65.7 Å². The minimum absolute atomic E-state index is 0.0190. The number of ether oxygens (including phenoxy) is 2. The molecule has 3 atom stereocenters. The minimum Gasteiger partial charge on any atom is -0.493 e. The van der Waals surface area contributed by atoms with E-state index in [4.69, 9.17) is 4.74 Å². The van der Waals surface area contributed by atoms with Gasteiger partial charge in [0.2, 0.25) is 5.13 Å². The maximum atomic E-state index is 13.6. The van der Waals surface area contributed by atoms with E-state index < -0.39 is 34.3 Å². The van der Waals surface area contributed by atoms with Gasteiger partial charge in [0.15, 0.2) is 0 Å². The molecule has 5 rings (SSSR count). The van der Waals surface area contributed by atoms with Crippen LogP contribution in [0.15, 0.2) is 53.7 Å². The quantitative estimate of drug-likeness (QED) is 0.424. The number of piperidine rings is 1. The molecule has 1 fully saturated rings. The first-order valence-electron chi connectivity index (χ1n) is 11.4. The number of rotatable bonds is 6. The molecule has 8 nitrogen and oxygen atoms in total. The van der Waals surface area contributed by atoms with Crippen molar-refractivity contribution in [1.29, 1.82) is 0 Å². The van der Waals surface area contributed by atoms with Crippen LogP contribution in [0.1, 0.15) is 42.5 Å². The number of anilines is 1. The fourth-order valence-corrected chi connectivity index (χ4v) is 6.56. The van der Waals surface area contributed by atoms with Crippen molar-refractivity contribution in [2.45, 2.75) is 48.7 Å². The van der Waals surface area contributed by atoms with Gasteiger partial charge in [0.05, 0.1) is 17.6 Å². The highest BCUT2D eigenvalue weighted by molar-refractivity contribution is 7.93. The number of likely N-dealkylation sites (tertiary alicyclic amines) is 1. The van der Waals surface area contributed by atoms with Gasteiger partial charge >= 0.3 is 6.36 Å². The number of halogens is 4. The van der Waals surface area contributed by atoms with E-state index in [0.717, 1.165) is 17.1 Å². The number of hydrogen-bond donors (Lipinski definition) is 1. The lowest BCUT2D eigenvalue weighted by Gasteiger charge is -2.45. The molecule has 0 unspecified atom stereocenters. The number of nitrogens with one attached hydrogen (secondary N) is 1. The predicted molar refractivity (Wildman–Crippen MR) is 126 cm³/mol. The highest BCUT2D eigenvalue weighted by Crippen LogP contribution is 2.45. The van der Waals surface area contributed by atoms with Crippen LogP contribution in [-0.4, -0.2) is 48.3 Å². The van der Waals surface area contributed by atoms with Crippen molar-refractivity contribution in [2.75, 3.05) is 17.9 Å². The number of hydrogen-bond acceptors (Lipinski definition) is 8. The number of benzene rings is 2. The van der Waals surface area contributed by atoms with Crippen molar-refractivity contribution in [2.24, 2.45) is 0 Å². The maximum Gasteiger partial charge on any atom is 0.522 e. The molecule has 0 saturated carbocycles. The van der Waals surface area contributed by atoms with Crippen LogP contribution >= 0.6 is 11.5 Å². The van der Waals surface area contributed by atoms with Gasteiger partial charge in [-0.3, -0.25) is 14.4 Å². The second kappa shape index (κ2) is 10.2. The normalized spacial score (nSPS) is 22.8. The van der Waals surface area contributed by atoms with Crippen LogP contribution in [0.4, 0.5) is 22.7 Å². The largest absolute Gasteiger partial charge is 0.522 e. The van der Waals surface area contributed by atoms with Gasteiger partial charge in [-0.05, 0) is 36.6 Å². The Morgan fingerprint density at radius 1 is 1.11 bits per heavy atom. The Labute approximate surface area is 214 Å². The van der Waals surface area contributed by atoms with Crippen LogP contribution in [0.25, 0.3) is 0 Å². The summed E-state index contributed by atoms with van der Waals surface area (Å²) in [6, 6.07) is 9.51. The molecule has 2 aliphatic heterocycles. The van der Waals surface area contributed by atoms with Crippen molar-refractivity contribution in [1.82, 2.24) is 14.3 Å². The van der Waals surface area contributed by atoms with Gasteiger partial charge in [-0.1, -0.05) is 18.2 Å². The van der Waals surface area contributed by atoms with E-state index in [2.05, 4.69) is 23.7 Å². The summed E-state index contributed by atoms with van der Waals surface area (Å²) >= 11 is 0.901. The Bertz CT molecular complexity index is 1340. The molecule has 37 heavy (non-hydrogen) atoms. The number of sulfonamides is 1. The van der Waals surface area contributed by atoms with Crippen molar-refractivity contribution >= 4 is 26.7 Å². The number of nitrogens with zero attached hydrogens (tertiary/aromatic N) is 3. The molecule has 0 spiro atoms. The molecule has 3 heterocycles. The number of fused-ring (bicyclic) bond motifs is 1. The van der Waals surface area contributed by atoms with Crippen LogP contribution in [0.2, 0.25) is 0 Å². The lowest BCUT2D eigenvalue weighted by molar-refractivity contribution is -0.347. The summed E-state index contributed by atoms with van der Waals surface area (Å²) in [7, 11) is -3.94. The highest BCUT2D eigenvalue weighted by Gasteiger charge is 2.41. The Kier molecular flexibility index (Phi) is 7.09. The van der Waals surface area contributed by atoms with Crippen molar-refractivity contribution < 1.29 is 35.5 Å². The monoisotopic (exact) mass is 558 g/mol. The summed E-state index contributed by atoms with van der Waals surface area (Å²) in [5.41, 5.74) is 1.40. The van der Waals surface area contributed by atoms with Crippen LogP contribution in [0, 0.1) is 5.82 Å². The highest BCUT2D eigenvalue weighted by atomic mass is 32.2. The van der Waals surface area contributed by atoms with Crippen LogP contribution < -0.4 is 9.46 Å². The first kappa shape index (κ1) is 25.8. The topological polar surface area (TPSA) is 93.7 Å². The summed E-state index contributed by atoms with van der Waals surface area (Å²) < 4.78 is 94.4. The number of aromatic nitrogens is 2. The summed E-state index contributed by atoms with van der Waals surface area (Å²) in [5, 5.41) is 0.127. The Morgan fingerprint density at radius 2 is 1.89 bits per heavy atom. The average molecular weight is 559 g/mol. The zero-order chi connectivity index (χ0) is 26.2. The van der Waals surface area contributed by atoms with E-state index in [1.807, 2.05) is 0 Å². The summed E-state index contributed by atoms with van der Waals surface area (Å²) in [4.78, 5) is 5.88. The molecule has 3 aromatic rings. The molecule has 198 valence electrons. The summed E-state index contributed by atoms with van der Waals surface area (Å²) in [6.45, 7) is 0.589. The standard InChI is InChI=1S/C23H22F4N4O4S2/c24-15-3-1-14(2-4-15)20-11-16(35-23(25,26)27)7-9-31(20)19-8-10-34-21-12-17(5-6-18(19)21)37(32,33)30-22-28-13-29-36-22/h1-6,12-13,16,19-20H,7-11H2,(H,28,29,30)/t16-,19+,20+/m1/s1. The molecule has 1 N–H and O–H groups in total. The maximum absolute atomic E-state index is 13.6. The van der Waals surface area contributed by atoms with Gasteiger partial charge in [-0.2, -0.15) is 4.37 Å². The summed E-state index contributed by atoms with van der Waals surface area (Å²) in [5.74, 6) is -0.0654. The van der Waals surface area contributed by atoms with Crippen LogP contribution in [-0.2, 0) is 14.8 Å². The smallest absolute Gasteiger partial charge is 0.493 e. The third-order valence-corrected chi connectivity index (χ3v) is 8.48. The first-order chi connectivity index (χ1) is 17.6. The third-order valence-electron chi connectivity index (χ3n) is 6.44. The van der Waals surface area contributed by atoms with E-state index in [0.29, 0.717) is 30.9 Å². The fourth-order valence-electron chi connectivity index (χ4n) is 4.89. The Balaban J connectivity index is 1.44. The molecule has 14 heteroatoms. The van der Waals surface area contributed by atoms with Gasteiger partial charge in [0.1, 0.15) is 17.9 Å². The molecular formula is C23H22F4N4O4S2. The van der Waals surface area contributed by atoms with E-state index in [1.54, 1.807) is 18.2 Å². The van der Waals surface area contributed by atoms with E-state index in [-0.39, 0.29) is 28.9 Å². The molecule has 0 bridgehead atoms. The lowest BCUT2D eigenvalue weighted by Crippen LogP contribution is -2.44. The molecule has 2 aliphatic rings. The van der Waals surface area contributed by atoms with Gasteiger partial charge in [-0.25, -0.2) is 17.8 Å². The van der Waals surface area contributed by atoms with Gasteiger partial charge in [0.25, 0.3) is 10.0 Å². The molecule has 1 saturated heterocycles. The third kappa shape index (κ3) is 5.87. The summed E-state index contributed by atoms with van der Waals surface area (Å²) in [6.07, 6.45) is -3.79. The van der Waals surface area contributed by atoms with Crippen molar-refractivity contribution in [3.63, 3.8) is 0 Å². The Morgan fingerprint density at radius 3 is 2.59 bits per heavy atom. The van der Waals surface area contributed by atoms with E-state index >= 15 is 0 Å². The van der Waals surface area contributed by atoms with Gasteiger partial charge in [-0.15, -0.1) is 13.2 Å². The molecule has 0 amide bonds. The lowest BCUT2D eigenvalue weighted by atomic mass is 9.88. The van der Waals surface area contributed by atoms with E-state index in [9.17, 15) is 26.0 Å². The average Bonchev–Trinajstić information content (AvgIpc) is 3.35. The van der Waals surface area contributed by atoms with E-state index in [1.165, 1.54) is 30.6 Å². The van der Waals surface area contributed by atoms with Crippen LogP contribution in [0.5, 0.6) is 5.75 Å². The van der Waals surface area contributed by atoms with Crippen LogP contribution in [0.3, 0.4) is 0 Å². The predicted octanol–water partition coefficient (Wildman–Crippen LogP) is 5.04. The minimum atomic E-state index is -4.75. The second-order valence-electron chi connectivity index (χ2n) is 8.72. The fraction of sp³-hybridized carbons (Fsp3) is 0.391. The Hall–Kier alpha value is -2.81. The SMILES string of the molecule is O=S(=O)(Nc1ncns1)c1ccc2c(c1)OCC[C@@H]2N1CC[C@@H](OC(F)(F)F)C[C@H]1c1ccc(F)cc1. The zero-order valence-corrected chi connectivity index (χ0v) is 20.8. The molecule has 1 aromatic heterocycles. The number of alkyl halides is 3. The molecule has 2 aromatic carbocycles. The molecular weight excluding hydrogens is 536 g/mol. The van der Waals surface area contributed by atoms with Crippen molar-refractivity contribution in [3.8, 4) is 5.75 Å². The first-order valence-corrected chi connectivity index (χ1v) is 13.7. The molecule has 0 aliphatic carbocycles. The van der Waals surface area contributed by atoms with Gasteiger partial charge < -0.3 is 4.74 Å².